The highest BCUT2D eigenvalue weighted by Gasteiger charge is 2.45. The van der Waals surface area contributed by atoms with Gasteiger partial charge in [0.05, 0.1) is 70.1 Å². The van der Waals surface area contributed by atoms with Crippen molar-refractivity contribution in [2.45, 2.75) is 135 Å². The number of nitrogens with zero attached hydrogens (tertiary/aromatic N) is 2. The van der Waals surface area contributed by atoms with Gasteiger partial charge in [0.1, 0.15) is 11.7 Å². The quantitative estimate of drug-likeness (QED) is 0.103. The average molecular weight is 676 g/mol. The molecule has 10 heteroatoms. The van der Waals surface area contributed by atoms with Gasteiger partial charge < -0.3 is 34.0 Å². The Balaban J connectivity index is 1.41. The summed E-state index contributed by atoms with van der Waals surface area (Å²) in [5.41, 5.74) is -0.610. The first-order valence-electron chi connectivity index (χ1n) is 18.5. The van der Waals surface area contributed by atoms with Crippen LogP contribution in [0.15, 0.2) is 36.0 Å². The van der Waals surface area contributed by atoms with Crippen LogP contribution in [0.25, 0.3) is 0 Å². The van der Waals surface area contributed by atoms with Crippen molar-refractivity contribution in [2.75, 3.05) is 39.3 Å². The number of hydrogen-bond acceptors (Lipinski definition) is 8. The zero-order valence-corrected chi connectivity index (χ0v) is 30.3. The Morgan fingerprint density at radius 3 is 2.52 bits per heavy atom. The summed E-state index contributed by atoms with van der Waals surface area (Å²) in [6, 6.07) is 0. The third kappa shape index (κ3) is 10.6. The van der Waals surface area contributed by atoms with Gasteiger partial charge in [-0.3, -0.25) is 9.69 Å². The molecule has 4 aliphatic heterocycles. The minimum atomic E-state index is -1.44. The SMILES string of the molecule is CC[C@H](O)[C@@H](C)[C@H]1O[C@@H]1C[C@H](C)/C=C/C=C(\C)[C@H]1OC(=O)C[C@H](O)CC[C@@](C)(O)[C@@H](OC(=O)N2CC[N+]3(CCCCC3)CC2)/C=C/[C@@H]1C. The molecule has 4 rings (SSSR count). The van der Waals surface area contributed by atoms with Gasteiger partial charge in [0.15, 0.2) is 6.10 Å². The predicted octanol–water partition coefficient (Wildman–Crippen LogP) is 4.91. The largest absolute Gasteiger partial charge is 0.457 e. The molecule has 10 atom stereocenters. The maximum atomic E-state index is 13.4. The van der Waals surface area contributed by atoms with Crippen LogP contribution >= 0.6 is 0 Å². The summed E-state index contributed by atoms with van der Waals surface area (Å²) >= 11 is 0. The summed E-state index contributed by atoms with van der Waals surface area (Å²) in [7, 11) is 0. The number of ether oxygens (including phenoxy) is 3. The smallest absolute Gasteiger partial charge is 0.410 e. The molecular formula is C38H63N2O8+. The normalized spacial score (nSPS) is 36.0. The Hall–Kier alpha value is -2.24. The van der Waals surface area contributed by atoms with Crippen LogP contribution in [0.5, 0.6) is 0 Å². The van der Waals surface area contributed by atoms with Crippen molar-refractivity contribution >= 4 is 12.1 Å². The maximum absolute atomic E-state index is 13.4. The lowest BCUT2D eigenvalue weighted by molar-refractivity contribution is -0.935. The van der Waals surface area contributed by atoms with Crippen LogP contribution in [0.4, 0.5) is 4.79 Å². The van der Waals surface area contributed by atoms with Crippen molar-refractivity contribution in [3.05, 3.63) is 36.0 Å². The number of piperidine rings is 1. The van der Waals surface area contributed by atoms with Crippen LogP contribution in [0.1, 0.15) is 92.9 Å². The molecule has 4 heterocycles. The fraction of sp³-hybridized carbons (Fsp3) is 0.789. The van der Waals surface area contributed by atoms with Gasteiger partial charge in [-0.15, -0.1) is 0 Å². The third-order valence-corrected chi connectivity index (χ3v) is 11.3. The molecular weight excluding hydrogens is 612 g/mol. The van der Waals surface area contributed by atoms with Crippen LogP contribution in [0.3, 0.4) is 0 Å². The number of hydrogen-bond donors (Lipinski definition) is 3. The topological polar surface area (TPSA) is 129 Å². The molecule has 1 amide bonds. The molecule has 1 spiro atoms. The van der Waals surface area contributed by atoms with E-state index in [9.17, 15) is 24.9 Å². The van der Waals surface area contributed by atoms with Crippen molar-refractivity contribution in [1.29, 1.82) is 0 Å². The Bertz CT molecular complexity index is 1150. The van der Waals surface area contributed by atoms with E-state index in [0.717, 1.165) is 36.0 Å². The maximum Gasteiger partial charge on any atom is 0.410 e. The number of amides is 1. The fourth-order valence-corrected chi connectivity index (χ4v) is 7.67. The molecule has 3 fully saturated rings. The number of aliphatic hydroxyl groups is 3. The van der Waals surface area contributed by atoms with Crippen molar-refractivity contribution in [2.24, 2.45) is 17.8 Å². The molecule has 0 aromatic rings. The minimum Gasteiger partial charge on any atom is -0.457 e. The standard InChI is InChI=1S/C38H63N2O8/c1-7-31(42)29(5)36-32(46-36)24-26(2)12-11-13-27(3)35-28(4)14-15-33(38(6,45)17-16-30(41)25-34(43)48-35)47-37(44)39-18-22-40(23-19-39)20-9-8-10-21-40/h11-15,26,28-33,35-36,41-42,45H,7-10,16-25H2,1-6H3/q+1/b12-11+,15-14+,27-13+/t26-,28+,29-,30-,31+,32-,33+,35-,36-,38-/m1/s1. The van der Waals surface area contributed by atoms with Crippen molar-refractivity contribution in [3.63, 3.8) is 0 Å². The minimum absolute atomic E-state index is 0.100. The molecule has 0 radical (unpaired) electrons. The molecule has 0 aromatic heterocycles. The van der Waals surface area contributed by atoms with Gasteiger partial charge in [-0.2, -0.15) is 0 Å². The van der Waals surface area contributed by atoms with E-state index in [1.54, 1.807) is 17.9 Å². The van der Waals surface area contributed by atoms with Gasteiger partial charge in [-0.05, 0) is 76.4 Å². The van der Waals surface area contributed by atoms with Crippen LogP contribution in [0, 0.1) is 17.8 Å². The number of rotatable bonds is 9. The zero-order valence-electron chi connectivity index (χ0n) is 30.3. The second-order valence-corrected chi connectivity index (χ2v) is 15.5. The second kappa shape index (κ2) is 17.1. The monoisotopic (exact) mass is 675 g/mol. The summed E-state index contributed by atoms with van der Waals surface area (Å²) in [5, 5.41) is 32.3. The molecule has 0 aromatic carbocycles. The predicted molar refractivity (Wildman–Crippen MR) is 185 cm³/mol. The van der Waals surface area contributed by atoms with Gasteiger partial charge in [-0.1, -0.05) is 52.0 Å². The second-order valence-electron chi connectivity index (χ2n) is 15.5. The summed E-state index contributed by atoms with van der Waals surface area (Å²) < 4.78 is 18.9. The van der Waals surface area contributed by atoms with Gasteiger partial charge in [0.25, 0.3) is 0 Å². The molecule has 0 unspecified atom stereocenters. The molecule has 48 heavy (non-hydrogen) atoms. The van der Waals surface area contributed by atoms with E-state index in [0.29, 0.717) is 13.1 Å². The molecule has 0 aliphatic carbocycles. The number of quaternary nitrogens is 1. The highest BCUT2D eigenvalue weighted by molar-refractivity contribution is 5.70. The highest BCUT2D eigenvalue weighted by Crippen LogP contribution is 2.36. The van der Waals surface area contributed by atoms with Gasteiger partial charge in [-0.25, -0.2) is 4.79 Å². The molecule has 0 saturated carbocycles. The Labute approximate surface area is 288 Å². The van der Waals surface area contributed by atoms with E-state index >= 15 is 0 Å². The van der Waals surface area contributed by atoms with Crippen molar-refractivity contribution < 1.29 is 43.6 Å². The van der Waals surface area contributed by atoms with Crippen LogP contribution in [-0.4, -0.2) is 118 Å². The van der Waals surface area contributed by atoms with Crippen molar-refractivity contribution in [1.82, 2.24) is 4.90 Å². The lowest BCUT2D eigenvalue weighted by Crippen LogP contribution is -2.62. The number of cyclic esters (lactones) is 1. The number of piperazine rings is 1. The van der Waals surface area contributed by atoms with Gasteiger partial charge >= 0.3 is 12.1 Å². The molecule has 272 valence electrons. The highest BCUT2D eigenvalue weighted by atomic mass is 16.6. The number of epoxide rings is 1. The fourth-order valence-electron chi connectivity index (χ4n) is 7.67. The molecule has 4 aliphatic rings. The summed E-state index contributed by atoms with van der Waals surface area (Å²) in [5.74, 6) is -0.423. The summed E-state index contributed by atoms with van der Waals surface area (Å²) in [6.07, 6.45) is 12.0. The lowest BCUT2D eigenvalue weighted by Gasteiger charge is -2.46. The third-order valence-electron chi connectivity index (χ3n) is 11.3. The van der Waals surface area contributed by atoms with Gasteiger partial charge in [0.2, 0.25) is 0 Å². The van der Waals surface area contributed by atoms with E-state index in [4.69, 9.17) is 14.2 Å². The van der Waals surface area contributed by atoms with E-state index in [2.05, 4.69) is 13.0 Å². The lowest BCUT2D eigenvalue weighted by atomic mass is 9.88. The van der Waals surface area contributed by atoms with E-state index in [-0.39, 0.29) is 55.3 Å². The first kappa shape index (κ1) is 38.6. The average Bonchev–Trinajstić information content (AvgIpc) is 3.82. The number of carbonyl (C=O) groups is 2. The van der Waals surface area contributed by atoms with Gasteiger partial charge in [0, 0.05) is 11.8 Å². The molecule has 10 nitrogen and oxygen atoms in total. The molecule has 3 N–H and O–H groups in total. The number of aliphatic hydroxyl groups excluding tert-OH is 2. The van der Waals surface area contributed by atoms with E-state index in [1.165, 1.54) is 32.4 Å². The number of esters is 1. The number of carbonyl (C=O) groups excluding carboxylic acids is 2. The van der Waals surface area contributed by atoms with Crippen LogP contribution in [0.2, 0.25) is 0 Å². The first-order chi connectivity index (χ1) is 22.7. The summed E-state index contributed by atoms with van der Waals surface area (Å²) in [4.78, 5) is 28.0. The van der Waals surface area contributed by atoms with Crippen LogP contribution < -0.4 is 0 Å². The zero-order chi connectivity index (χ0) is 35.1. The molecule has 0 bridgehead atoms. The van der Waals surface area contributed by atoms with Crippen molar-refractivity contribution in [3.8, 4) is 0 Å². The number of allylic oxidation sites excluding steroid dienone is 3. The Morgan fingerprint density at radius 2 is 1.85 bits per heavy atom. The Morgan fingerprint density at radius 1 is 1.17 bits per heavy atom. The first-order valence-corrected chi connectivity index (χ1v) is 18.5. The van der Waals surface area contributed by atoms with E-state index in [1.807, 2.05) is 45.9 Å². The van der Waals surface area contributed by atoms with E-state index < -0.39 is 36.0 Å². The Kier molecular flexibility index (Phi) is 13.8. The summed E-state index contributed by atoms with van der Waals surface area (Å²) in [6.45, 7) is 17.1. The molecule has 3 saturated heterocycles. The van der Waals surface area contributed by atoms with Crippen LogP contribution in [-0.2, 0) is 19.0 Å².